The second-order valence-electron chi connectivity index (χ2n) is 5.55. The van der Waals surface area contributed by atoms with Crippen LogP contribution < -0.4 is 0 Å². The molecule has 0 fully saturated rings. The largest absolute Gasteiger partial charge is 0.303 e. The lowest BCUT2D eigenvalue weighted by Gasteiger charge is -2.14. The molecule has 0 saturated heterocycles. The smallest absolute Gasteiger partial charge is 0.125 e. The van der Waals surface area contributed by atoms with Crippen molar-refractivity contribution in [3.63, 3.8) is 0 Å². The van der Waals surface area contributed by atoms with Crippen LogP contribution in [0, 0.1) is 5.41 Å². The van der Waals surface area contributed by atoms with Gasteiger partial charge >= 0.3 is 0 Å². The van der Waals surface area contributed by atoms with Gasteiger partial charge in [0, 0.05) is 13.5 Å². The molecule has 0 unspecified atom stereocenters. The number of carbonyl (C=O) groups excluding carboxylic acids is 1. The molecule has 0 aromatic heterocycles. The van der Waals surface area contributed by atoms with Crippen LogP contribution in [0.1, 0.15) is 20.3 Å². The number of rotatable bonds is 5. The normalized spacial score (nSPS) is 13.6. The quantitative estimate of drug-likeness (QED) is 0.375. The molecule has 0 aromatic carbocycles. The fourth-order valence-electron chi connectivity index (χ4n) is 0.872. The van der Waals surface area contributed by atoms with E-state index in [0.29, 0.717) is 0 Å². The maximum Gasteiger partial charge on any atom is 0.125 e. The summed E-state index contributed by atoms with van der Waals surface area (Å²) in [5, 5.41) is 0. The van der Waals surface area contributed by atoms with Crippen LogP contribution in [0.3, 0.4) is 0 Å². The first kappa shape index (κ1) is 12.6. The third kappa shape index (κ3) is 7.97. The summed E-state index contributed by atoms with van der Waals surface area (Å²) in [5.74, 6) is 0. The molecule has 0 rings (SSSR count). The Kier molecular flexibility index (Phi) is 4.61. The van der Waals surface area contributed by atoms with Gasteiger partial charge in [0.2, 0.25) is 0 Å². The topological polar surface area (TPSA) is 17.1 Å². The van der Waals surface area contributed by atoms with Crippen LogP contribution in [0.2, 0.25) is 25.7 Å². The molecule has 76 valence electrons. The predicted molar refractivity (Wildman–Crippen MR) is 61.8 cm³/mol. The van der Waals surface area contributed by atoms with Crippen molar-refractivity contribution in [1.82, 2.24) is 0 Å². The highest BCUT2D eigenvalue weighted by Crippen LogP contribution is 2.18. The Morgan fingerprint density at radius 1 is 1.15 bits per heavy atom. The van der Waals surface area contributed by atoms with Gasteiger partial charge in [-0.15, -0.1) is 0 Å². The minimum atomic E-state index is -0.939. The zero-order valence-electron chi connectivity index (χ0n) is 9.55. The van der Waals surface area contributed by atoms with Gasteiger partial charge in [-0.1, -0.05) is 45.6 Å². The summed E-state index contributed by atoms with van der Waals surface area (Å²) in [4.78, 5) is 10.6. The van der Waals surface area contributed by atoms with Crippen LogP contribution in [-0.2, 0) is 4.79 Å². The van der Waals surface area contributed by atoms with Gasteiger partial charge in [-0.3, -0.25) is 0 Å². The van der Waals surface area contributed by atoms with Gasteiger partial charge in [0.15, 0.2) is 0 Å². The highest BCUT2D eigenvalue weighted by molar-refractivity contribution is 6.76. The Bertz CT molecular complexity index is 187. The van der Waals surface area contributed by atoms with Gasteiger partial charge in [0.1, 0.15) is 6.29 Å². The van der Waals surface area contributed by atoms with Gasteiger partial charge < -0.3 is 4.79 Å². The third-order valence-electron chi connectivity index (χ3n) is 1.86. The van der Waals surface area contributed by atoms with Crippen molar-refractivity contribution in [2.24, 2.45) is 5.41 Å². The summed E-state index contributed by atoms with van der Waals surface area (Å²) < 4.78 is 0. The van der Waals surface area contributed by atoms with E-state index >= 15 is 0 Å². The maximum atomic E-state index is 10.6. The number of aldehydes is 1. The van der Waals surface area contributed by atoms with Crippen molar-refractivity contribution >= 4 is 14.4 Å². The van der Waals surface area contributed by atoms with E-state index in [1.54, 1.807) is 0 Å². The van der Waals surface area contributed by atoms with Crippen molar-refractivity contribution in [3.05, 3.63) is 12.2 Å². The average molecular weight is 198 g/mol. The first-order chi connectivity index (χ1) is 5.77. The van der Waals surface area contributed by atoms with Crippen molar-refractivity contribution < 1.29 is 4.79 Å². The van der Waals surface area contributed by atoms with Gasteiger partial charge in [0.05, 0.1) is 0 Å². The predicted octanol–water partition coefficient (Wildman–Crippen LogP) is 3.50. The van der Waals surface area contributed by atoms with Crippen LogP contribution >= 0.6 is 0 Å². The fourth-order valence-corrected chi connectivity index (χ4v) is 1.75. The molecule has 0 aliphatic heterocycles. The van der Waals surface area contributed by atoms with Gasteiger partial charge in [-0.25, -0.2) is 0 Å². The Morgan fingerprint density at radius 2 is 1.69 bits per heavy atom. The average Bonchev–Trinajstić information content (AvgIpc) is 1.97. The van der Waals surface area contributed by atoms with E-state index in [9.17, 15) is 4.79 Å². The molecule has 0 bridgehead atoms. The summed E-state index contributed by atoms with van der Waals surface area (Å²) in [7, 11) is -0.939. The Labute approximate surface area is 83.2 Å². The summed E-state index contributed by atoms with van der Waals surface area (Å²) >= 11 is 0. The molecule has 0 spiro atoms. The highest BCUT2D eigenvalue weighted by Gasteiger charge is 2.14. The van der Waals surface area contributed by atoms with Crippen LogP contribution in [0.5, 0.6) is 0 Å². The molecule has 0 atom stereocenters. The molecule has 0 saturated carbocycles. The Balaban J connectivity index is 3.83. The van der Waals surface area contributed by atoms with E-state index in [0.717, 1.165) is 12.7 Å². The minimum absolute atomic E-state index is 0.185. The lowest BCUT2D eigenvalue weighted by molar-refractivity contribution is -0.114. The van der Waals surface area contributed by atoms with Crippen molar-refractivity contribution in [1.29, 1.82) is 0 Å². The zero-order valence-corrected chi connectivity index (χ0v) is 10.6. The van der Waals surface area contributed by atoms with E-state index in [1.807, 2.05) is 13.8 Å². The van der Waals surface area contributed by atoms with Gasteiger partial charge in [0.25, 0.3) is 0 Å². The summed E-state index contributed by atoms with van der Waals surface area (Å²) in [6.07, 6.45) is 6.27. The summed E-state index contributed by atoms with van der Waals surface area (Å²) in [5.41, 5.74) is -0.185. The maximum absolute atomic E-state index is 10.6. The highest BCUT2D eigenvalue weighted by atomic mass is 28.3. The monoisotopic (exact) mass is 198 g/mol. The molecule has 0 heterocycles. The van der Waals surface area contributed by atoms with Crippen LogP contribution in [0.15, 0.2) is 12.2 Å². The molecule has 0 aliphatic rings. The number of hydrogen-bond acceptors (Lipinski definition) is 1. The van der Waals surface area contributed by atoms with E-state index in [2.05, 4.69) is 31.8 Å². The zero-order chi connectivity index (χ0) is 10.5. The van der Waals surface area contributed by atoms with E-state index in [-0.39, 0.29) is 5.41 Å². The van der Waals surface area contributed by atoms with E-state index in [1.165, 1.54) is 6.04 Å². The molecule has 1 nitrogen and oxygen atoms in total. The molecule has 0 aliphatic carbocycles. The van der Waals surface area contributed by atoms with Crippen LogP contribution in [0.25, 0.3) is 0 Å². The van der Waals surface area contributed by atoms with Gasteiger partial charge in [-0.05, 0) is 12.5 Å². The Morgan fingerprint density at radius 3 is 2.08 bits per heavy atom. The lowest BCUT2D eigenvalue weighted by Crippen LogP contribution is -2.17. The number of allylic oxidation sites excluding steroid dienone is 2. The fraction of sp³-hybridized carbons (Fsp3) is 0.727. The summed E-state index contributed by atoms with van der Waals surface area (Å²) in [6.45, 7) is 11.0. The van der Waals surface area contributed by atoms with E-state index in [4.69, 9.17) is 0 Å². The standard InChI is InChI=1S/C11H22OSi/c1-11(2,10-12)8-6-7-9-13(3,4)5/h6-7,10H,8-9H2,1-5H3/b7-6+. The van der Waals surface area contributed by atoms with Crippen molar-refractivity contribution in [2.45, 2.75) is 46.0 Å². The molecule has 0 radical (unpaired) electrons. The van der Waals surface area contributed by atoms with Crippen LogP contribution in [0.4, 0.5) is 0 Å². The number of hydrogen-bond donors (Lipinski definition) is 0. The lowest BCUT2D eigenvalue weighted by atomic mass is 9.91. The first-order valence-electron chi connectivity index (χ1n) is 4.88. The second kappa shape index (κ2) is 4.75. The summed E-state index contributed by atoms with van der Waals surface area (Å²) in [6, 6.07) is 1.21. The SMILES string of the molecule is CC(C)(C=O)C/C=C/C[Si](C)(C)C. The molecular weight excluding hydrogens is 176 g/mol. The second-order valence-corrected chi connectivity index (χ2v) is 11.1. The molecular formula is C11H22OSi. The third-order valence-corrected chi connectivity index (χ3v) is 3.32. The van der Waals surface area contributed by atoms with Crippen LogP contribution in [-0.4, -0.2) is 14.4 Å². The molecule has 0 N–H and O–H groups in total. The number of carbonyl (C=O) groups is 1. The Hall–Kier alpha value is -0.373. The van der Waals surface area contributed by atoms with E-state index < -0.39 is 8.07 Å². The van der Waals surface area contributed by atoms with Gasteiger partial charge in [-0.2, -0.15) is 0 Å². The molecule has 0 amide bonds. The first-order valence-corrected chi connectivity index (χ1v) is 8.59. The minimum Gasteiger partial charge on any atom is -0.303 e. The molecule has 0 aromatic rings. The molecule has 2 heteroatoms. The molecule has 13 heavy (non-hydrogen) atoms. The van der Waals surface area contributed by atoms with Crippen molar-refractivity contribution in [3.8, 4) is 0 Å². The van der Waals surface area contributed by atoms with Crippen molar-refractivity contribution in [2.75, 3.05) is 0 Å².